The van der Waals surface area contributed by atoms with Crippen LogP contribution in [0.1, 0.15) is 75.1 Å². The Bertz CT molecular complexity index is 1160. The fourth-order valence-corrected chi connectivity index (χ4v) is 6.57. The molecule has 0 saturated heterocycles. The molecule has 4 nitrogen and oxygen atoms in total. The van der Waals surface area contributed by atoms with E-state index in [4.69, 9.17) is 23.2 Å². The number of carbonyl (C=O) groups is 1. The number of hydrogen-bond acceptors (Lipinski definition) is 3. The summed E-state index contributed by atoms with van der Waals surface area (Å²) in [6, 6.07) is 12.0. The number of hydrogen-bond donors (Lipinski definition) is 1. The Hall–Kier alpha value is -1.56. The number of carbonyl (C=O) groups excluding carboxylic acids is 1. The molecule has 1 aliphatic carbocycles. The summed E-state index contributed by atoms with van der Waals surface area (Å²) < 4.78 is 24.5. The predicted octanol–water partition coefficient (Wildman–Crippen LogP) is 6.55. The van der Waals surface area contributed by atoms with Crippen molar-refractivity contribution >= 4 is 38.9 Å². The van der Waals surface area contributed by atoms with Gasteiger partial charge in [0.15, 0.2) is 9.84 Å². The van der Waals surface area contributed by atoms with Gasteiger partial charge in [0, 0.05) is 24.1 Å². The van der Waals surface area contributed by atoms with Crippen LogP contribution in [-0.2, 0) is 33.9 Å². The lowest BCUT2D eigenvalue weighted by Gasteiger charge is -2.35. The van der Waals surface area contributed by atoms with Crippen molar-refractivity contribution in [3.05, 3.63) is 68.7 Å². The summed E-state index contributed by atoms with van der Waals surface area (Å²) in [6.07, 6.45) is 4.04. The van der Waals surface area contributed by atoms with Gasteiger partial charge in [-0.25, -0.2) is 8.42 Å². The average molecular weight is 539 g/mol. The molecule has 1 amide bonds. The number of fused-ring (bicyclic) bond motifs is 1. The highest BCUT2D eigenvalue weighted by Crippen LogP contribution is 2.37. The van der Waals surface area contributed by atoms with Gasteiger partial charge < -0.3 is 5.32 Å². The molecule has 0 heterocycles. The number of aryl methyl sites for hydroxylation is 2. The van der Waals surface area contributed by atoms with Crippen molar-refractivity contribution in [1.29, 1.82) is 0 Å². The van der Waals surface area contributed by atoms with Crippen LogP contribution in [0.3, 0.4) is 0 Å². The Morgan fingerprint density at radius 1 is 1.03 bits per heavy atom. The molecule has 0 bridgehead atoms. The SMILES string of the molecule is CCCS(=O)(=O)CCc1ccc2c(c1)C(Cc1ccc(Cl)c(Cl)c1)C(NC(=O)CC(C)(C)C)CC2. The van der Waals surface area contributed by atoms with E-state index in [1.54, 1.807) is 0 Å². The first-order valence-corrected chi connectivity index (χ1v) is 15.0. The monoisotopic (exact) mass is 537 g/mol. The number of rotatable bonds is 9. The highest BCUT2D eigenvalue weighted by molar-refractivity contribution is 7.91. The summed E-state index contributed by atoms with van der Waals surface area (Å²) in [4.78, 5) is 12.9. The molecule has 0 fully saturated rings. The van der Waals surface area contributed by atoms with E-state index in [0.29, 0.717) is 35.7 Å². The van der Waals surface area contributed by atoms with Crippen molar-refractivity contribution in [1.82, 2.24) is 5.32 Å². The molecular weight excluding hydrogens is 501 g/mol. The van der Waals surface area contributed by atoms with Crippen LogP contribution in [-0.4, -0.2) is 31.9 Å². The van der Waals surface area contributed by atoms with E-state index in [2.05, 4.69) is 44.3 Å². The molecule has 2 atom stereocenters. The number of amides is 1. The molecule has 0 radical (unpaired) electrons. The number of nitrogens with one attached hydrogen (secondary N) is 1. The van der Waals surface area contributed by atoms with Crippen LogP contribution < -0.4 is 5.32 Å². The van der Waals surface area contributed by atoms with Gasteiger partial charge in [-0.15, -0.1) is 0 Å². The molecule has 192 valence electrons. The van der Waals surface area contributed by atoms with Crippen LogP contribution in [0.5, 0.6) is 0 Å². The second kappa shape index (κ2) is 11.7. The molecule has 3 rings (SSSR count). The zero-order valence-corrected chi connectivity index (χ0v) is 23.5. The van der Waals surface area contributed by atoms with Crippen LogP contribution in [0.4, 0.5) is 0 Å². The van der Waals surface area contributed by atoms with Crippen molar-refractivity contribution in [3.63, 3.8) is 0 Å². The minimum atomic E-state index is -3.05. The molecular formula is C28H37Cl2NO3S. The van der Waals surface area contributed by atoms with E-state index in [0.717, 1.165) is 24.0 Å². The summed E-state index contributed by atoms with van der Waals surface area (Å²) in [5, 5.41) is 4.35. The Balaban J connectivity index is 1.91. The lowest BCUT2D eigenvalue weighted by Crippen LogP contribution is -2.43. The maximum Gasteiger partial charge on any atom is 0.220 e. The fourth-order valence-electron chi connectivity index (χ4n) is 4.87. The minimum absolute atomic E-state index is 0.00845. The van der Waals surface area contributed by atoms with Crippen molar-refractivity contribution in [3.8, 4) is 0 Å². The standard InChI is InChI=1S/C28H37Cl2NO3S/c1-5-13-35(33,34)14-12-19-6-8-21-9-11-26(31-27(32)18-28(2,3)4)23(22(21)15-19)16-20-7-10-24(29)25(30)17-20/h6-8,10,15,17,23,26H,5,9,11-14,16,18H2,1-4H3,(H,31,32). The third-order valence-corrected chi connectivity index (χ3v) is 9.11. The molecule has 7 heteroatoms. The van der Waals surface area contributed by atoms with E-state index in [9.17, 15) is 13.2 Å². The topological polar surface area (TPSA) is 63.2 Å². The van der Waals surface area contributed by atoms with Crippen molar-refractivity contribution in [2.45, 2.75) is 78.2 Å². The molecule has 2 unspecified atom stereocenters. The summed E-state index contributed by atoms with van der Waals surface area (Å²) in [7, 11) is -3.05. The van der Waals surface area contributed by atoms with E-state index in [1.807, 2.05) is 25.1 Å². The maximum absolute atomic E-state index is 12.9. The molecule has 0 spiro atoms. The average Bonchev–Trinajstić information content (AvgIpc) is 2.75. The second-order valence-corrected chi connectivity index (χ2v) is 14.1. The molecule has 0 aliphatic heterocycles. The Morgan fingerprint density at radius 2 is 1.74 bits per heavy atom. The van der Waals surface area contributed by atoms with Crippen LogP contribution >= 0.6 is 23.2 Å². The molecule has 0 aromatic heterocycles. The number of halogens is 2. The third kappa shape index (κ3) is 8.23. The zero-order chi connectivity index (χ0) is 25.8. The first-order chi connectivity index (χ1) is 16.4. The van der Waals surface area contributed by atoms with Gasteiger partial charge in [-0.05, 0) is 71.9 Å². The normalized spacial score (nSPS) is 18.2. The van der Waals surface area contributed by atoms with Gasteiger partial charge in [0.05, 0.1) is 15.8 Å². The summed E-state index contributed by atoms with van der Waals surface area (Å²) in [5.74, 6) is 0.502. The largest absolute Gasteiger partial charge is 0.353 e. The van der Waals surface area contributed by atoms with Gasteiger partial charge in [0.1, 0.15) is 0 Å². The van der Waals surface area contributed by atoms with Crippen LogP contribution in [0.25, 0.3) is 0 Å². The van der Waals surface area contributed by atoms with E-state index >= 15 is 0 Å². The fraction of sp³-hybridized carbons (Fsp3) is 0.536. The summed E-state index contributed by atoms with van der Waals surface area (Å²) in [6.45, 7) is 8.08. The quantitative estimate of drug-likeness (QED) is 0.394. The van der Waals surface area contributed by atoms with E-state index < -0.39 is 9.84 Å². The minimum Gasteiger partial charge on any atom is -0.353 e. The highest BCUT2D eigenvalue weighted by Gasteiger charge is 2.32. The molecule has 35 heavy (non-hydrogen) atoms. The summed E-state index contributed by atoms with van der Waals surface area (Å²) >= 11 is 12.4. The van der Waals surface area contributed by atoms with Gasteiger partial charge in [0.25, 0.3) is 0 Å². The first-order valence-electron chi connectivity index (χ1n) is 12.4. The third-order valence-electron chi connectivity index (χ3n) is 6.51. The van der Waals surface area contributed by atoms with Gasteiger partial charge in [0.2, 0.25) is 5.91 Å². The van der Waals surface area contributed by atoms with Crippen LogP contribution in [0.15, 0.2) is 36.4 Å². The van der Waals surface area contributed by atoms with Crippen molar-refractivity contribution in [2.24, 2.45) is 5.41 Å². The van der Waals surface area contributed by atoms with Crippen molar-refractivity contribution in [2.75, 3.05) is 11.5 Å². The molecule has 0 saturated carbocycles. The van der Waals surface area contributed by atoms with Gasteiger partial charge in [-0.3, -0.25) is 4.79 Å². The predicted molar refractivity (Wildman–Crippen MR) is 146 cm³/mol. The molecule has 1 N–H and O–H groups in total. The van der Waals surface area contributed by atoms with Gasteiger partial charge in [-0.2, -0.15) is 0 Å². The van der Waals surface area contributed by atoms with Crippen LogP contribution in [0.2, 0.25) is 10.0 Å². The Labute approximate surface area is 220 Å². The van der Waals surface area contributed by atoms with E-state index in [-0.39, 0.29) is 34.8 Å². The highest BCUT2D eigenvalue weighted by atomic mass is 35.5. The van der Waals surface area contributed by atoms with Gasteiger partial charge in [-0.1, -0.05) is 75.2 Å². The number of sulfone groups is 1. The maximum atomic E-state index is 12.9. The second-order valence-electron chi connectivity index (χ2n) is 10.9. The smallest absolute Gasteiger partial charge is 0.220 e. The zero-order valence-electron chi connectivity index (χ0n) is 21.2. The molecule has 1 aliphatic rings. The number of benzene rings is 2. The van der Waals surface area contributed by atoms with Gasteiger partial charge >= 0.3 is 0 Å². The van der Waals surface area contributed by atoms with E-state index in [1.165, 1.54) is 11.1 Å². The Morgan fingerprint density at radius 3 is 2.40 bits per heavy atom. The molecule has 2 aromatic rings. The van der Waals surface area contributed by atoms with Crippen LogP contribution in [0, 0.1) is 5.41 Å². The van der Waals surface area contributed by atoms with Crippen molar-refractivity contribution < 1.29 is 13.2 Å². The Kier molecular flexibility index (Phi) is 9.33. The molecule has 2 aromatic carbocycles. The first kappa shape index (κ1) is 28.0. The lowest BCUT2D eigenvalue weighted by atomic mass is 9.75. The lowest BCUT2D eigenvalue weighted by molar-refractivity contribution is -0.123. The summed E-state index contributed by atoms with van der Waals surface area (Å²) in [5.41, 5.74) is 4.44.